The van der Waals surface area contributed by atoms with Gasteiger partial charge in [-0.05, 0) is 64.8 Å². The molecule has 0 radical (unpaired) electrons. The van der Waals surface area contributed by atoms with Crippen LogP contribution in [0.3, 0.4) is 0 Å². The zero-order valence-electron chi connectivity index (χ0n) is 19.0. The number of nitrogens with zero attached hydrogens (tertiary/aromatic N) is 4. The summed E-state index contributed by atoms with van der Waals surface area (Å²) in [4.78, 5) is 20.3. The van der Waals surface area contributed by atoms with Crippen molar-refractivity contribution in [2.75, 3.05) is 14.2 Å². The molecule has 1 aromatic carbocycles. The Morgan fingerprint density at radius 2 is 2.00 bits per heavy atom. The summed E-state index contributed by atoms with van der Waals surface area (Å²) in [6.07, 6.45) is 2.23. The Balaban J connectivity index is 1.79. The maximum Gasteiger partial charge on any atom is 0.254 e. The molecule has 0 N–H and O–H groups in total. The van der Waals surface area contributed by atoms with Crippen LogP contribution in [0.1, 0.15) is 66.8 Å². The van der Waals surface area contributed by atoms with E-state index < -0.39 is 0 Å². The molecule has 1 aliphatic rings. The lowest BCUT2D eigenvalue weighted by Gasteiger charge is -2.21. The molecule has 1 fully saturated rings. The molecule has 3 aromatic rings. The third-order valence-corrected chi connectivity index (χ3v) is 5.93. The van der Waals surface area contributed by atoms with E-state index in [1.54, 1.807) is 25.1 Å². The van der Waals surface area contributed by atoms with Crippen LogP contribution in [-0.2, 0) is 12.1 Å². The quantitative estimate of drug-likeness (QED) is 0.539. The van der Waals surface area contributed by atoms with Gasteiger partial charge in [0.1, 0.15) is 5.75 Å². The van der Waals surface area contributed by atoms with Crippen molar-refractivity contribution < 1.29 is 9.53 Å². The molecule has 0 atom stereocenters. The molecular weight excluding hydrogens is 412 g/mol. The van der Waals surface area contributed by atoms with E-state index in [0.29, 0.717) is 28.8 Å². The molecule has 0 unspecified atom stereocenters. The van der Waals surface area contributed by atoms with Gasteiger partial charge in [0.15, 0.2) is 5.65 Å². The van der Waals surface area contributed by atoms with Gasteiger partial charge in [0.05, 0.1) is 29.3 Å². The fraction of sp³-hybridized carbons (Fsp3) is 0.458. The van der Waals surface area contributed by atoms with Crippen molar-refractivity contribution in [1.29, 1.82) is 0 Å². The van der Waals surface area contributed by atoms with E-state index >= 15 is 0 Å². The number of ether oxygens (including phenoxy) is 1. The fourth-order valence-corrected chi connectivity index (χ4v) is 4.13. The predicted molar refractivity (Wildman–Crippen MR) is 123 cm³/mol. The molecular formula is C24H29ClN4O2. The Labute approximate surface area is 188 Å². The van der Waals surface area contributed by atoms with E-state index in [9.17, 15) is 4.79 Å². The van der Waals surface area contributed by atoms with Gasteiger partial charge in [-0.1, -0.05) is 11.6 Å². The lowest BCUT2D eigenvalue weighted by atomic mass is 10.1. The van der Waals surface area contributed by atoms with Gasteiger partial charge in [0.2, 0.25) is 0 Å². The van der Waals surface area contributed by atoms with E-state index in [4.69, 9.17) is 26.4 Å². The molecule has 0 saturated heterocycles. The van der Waals surface area contributed by atoms with Gasteiger partial charge in [-0.25, -0.2) is 9.67 Å². The van der Waals surface area contributed by atoms with Crippen molar-refractivity contribution in [3.05, 3.63) is 51.8 Å². The maximum atomic E-state index is 13.6. The molecule has 0 spiro atoms. The molecule has 1 aliphatic carbocycles. The van der Waals surface area contributed by atoms with E-state index in [1.165, 1.54) is 0 Å². The number of rotatable bonds is 5. The Morgan fingerprint density at radius 3 is 2.61 bits per heavy atom. The van der Waals surface area contributed by atoms with Crippen LogP contribution in [0.15, 0.2) is 24.3 Å². The molecule has 1 amide bonds. The van der Waals surface area contributed by atoms with Gasteiger partial charge in [-0.3, -0.25) is 4.79 Å². The van der Waals surface area contributed by atoms with Gasteiger partial charge in [0.25, 0.3) is 5.91 Å². The number of methoxy groups -OCH3 is 1. The number of carbonyl (C=O) groups excluding carboxylic acids is 1. The second kappa shape index (κ2) is 7.83. The molecule has 164 valence electrons. The highest BCUT2D eigenvalue weighted by molar-refractivity contribution is 6.30. The number of halogens is 1. The molecule has 4 rings (SSSR count). The van der Waals surface area contributed by atoms with E-state index in [0.717, 1.165) is 40.8 Å². The van der Waals surface area contributed by atoms with Crippen molar-refractivity contribution >= 4 is 28.5 Å². The normalized spacial score (nSPS) is 14.2. The largest absolute Gasteiger partial charge is 0.496 e. The van der Waals surface area contributed by atoms with Crippen molar-refractivity contribution in [2.24, 2.45) is 0 Å². The van der Waals surface area contributed by atoms with Gasteiger partial charge in [-0.2, -0.15) is 5.10 Å². The van der Waals surface area contributed by atoms with Crippen LogP contribution >= 0.6 is 11.6 Å². The minimum absolute atomic E-state index is 0.0621. The second-order valence-corrected chi connectivity index (χ2v) is 9.79. The van der Waals surface area contributed by atoms with Gasteiger partial charge < -0.3 is 9.64 Å². The smallest absolute Gasteiger partial charge is 0.254 e. The minimum Gasteiger partial charge on any atom is -0.496 e. The zero-order chi connectivity index (χ0) is 22.5. The lowest BCUT2D eigenvalue weighted by molar-refractivity contribution is 0.0786. The maximum absolute atomic E-state index is 13.6. The first-order valence-corrected chi connectivity index (χ1v) is 11.0. The van der Waals surface area contributed by atoms with Crippen LogP contribution in [0.4, 0.5) is 0 Å². The number of amides is 1. The fourth-order valence-electron chi connectivity index (χ4n) is 3.94. The number of benzene rings is 1. The highest BCUT2D eigenvalue weighted by Gasteiger charge is 2.31. The van der Waals surface area contributed by atoms with Crippen LogP contribution in [0.2, 0.25) is 5.02 Å². The van der Waals surface area contributed by atoms with E-state index in [-0.39, 0.29) is 11.4 Å². The summed E-state index contributed by atoms with van der Waals surface area (Å²) in [6.45, 7) is 8.63. The molecule has 2 heterocycles. The summed E-state index contributed by atoms with van der Waals surface area (Å²) in [5, 5.41) is 6.19. The van der Waals surface area contributed by atoms with Gasteiger partial charge in [-0.15, -0.1) is 0 Å². The Hall–Kier alpha value is -2.60. The molecule has 6 nitrogen and oxygen atoms in total. The zero-order valence-corrected chi connectivity index (χ0v) is 19.7. The molecule has 0 aliphatic heterocycles. The van der Waals surface area contributed by atoms with Crippen LogP contribution in [0.25, 0.3) is 11.0 Å². The van der Waals surface area contributed by atoms with Gasteiger partial charge >= 0.3 is 0 Å². The van der Waals surface area contributed by atoms with Crippen molar-refractivity contribution in [2.45, 2.75) is 58.5 Å². The number of hydrogen-bond acceptors (Lipinski definition) is 4. The van der Waals surface area contributed by atoms with Gasteiger partial charge in [0, 0.05) is 35.8 Å². The highest BCUT2D eigenvalue weighted by atomic mass is 35.5. The Kier molecular flexibility index (Phi) is 5.46. The number of hydrogen-bond donors (Lipinski definition) is 0. The number of pyridine rings is 1. The highest BCUT2D eigenvalue weighted by Crippen LogP contribution is 2.41. The first kappa shape index (κ1) is 21.6. The number of carbonyl (C=O) groups is 1. The van der Waals surface area contributed by atoms with Crippen LogP contribution in [0.5, 0.6) is 5.75 Å². The number of fused-ring (bicyclic) bond motifs is 1. The summed E-state index contributed by atoms with van der Waals surface area (Å²) in [5.74, 6) is 1.07. The summed E-state index contributed by atoms with van der Waals surface area (Å²) in [5.41, 5.74) is 3.87. The molecule has 31 heavy (non-hydrogen) atoms. The predicted octanol–water partition coefficient (Wildman–Crippen LogP) is 5.31. The number of aromatic nitrogens is 3. The van der Waals surface area contributed by atoms with Crippen molar-refractivity contribution in [3.63, 3.8) is 0 Å². The SMILES string of the molecule is COc1ccc(Cl)cc1CN(C)C(=O)c1cc(C2CC2)nc2c1c(C)nn2C(C)(C)C. The van der Waals surface area contributed by atoms with Crippen LogP contribution in [0, 0.1) is 6.92 Å². The first-order valence-electron chi connectivity index (χ1n) is 10.6. The average Bonchev–Trinajstić information content (AvgIpc) is 3.50. The van der Waals surface area contributed by atoms with Crippen molar-refractivity contribution in [3.8, 4) is 5.75 Å². The monoisotopic (exact) mass is 440 g/mol. The minimum atomic E-state index is -0.234. The summed E-state index contributed by atoms with van der Waals surface area (Å²) in [7, 11) is 3.42. The van der Waals surface area contributed by atoms with E-state index in [2.05, 4.69) is 20.8 Å². The lowest BCUT2D eigenvalue weighted by Crippen LogP contribution is -2.27. The number of aryl methyl sites for hydroxylation is 1. The summed E-state index contributed by atoms with van der Waals surface area (Å²) >= 11 is 6.18. The molecule has 2 aromatic heterocycles. The van der Waals surface area contributed by atoms with Crippen molar-refractivity contribution in [1.82, 2.24) is 19.7 Å². The third-order valence-electron chi connectivity index (χ3n) is 5.69. The topological polar surface area (TPSA) is 60.2 Å². The molecule has 7 heteroatoms. The summed E-state index contributed by atoms with van der Waals surface area (Å²) in [6, 6.07) is 7.41. The summed E-state index contributed by atoms with van der Waals surface area (Å²) < 4.78 is 7.40. The Bertz CT molecular complexity index is 1160. The van der Waals surface area contributed by atoms with Crippen LogP contribution < -0.4 is 4.74 Å². The Morgan fingerprint density at radius 1 is 1.29 bits per heavy atom. The molecule has 1 saturated carbocycles. The third kappa shape index (κ3) is 4.13. The van der Waals surface area contributed by atoms with Crippen LogP contribution in [-0.4, -0.2) is 39.7 Å². The standard InChI is InChI=1S/C24H29ClN4O2/c1-14-21-18(23(30)28(5)13-16-11-17(25)9-10-20(16)31-6)12-19(15-7-8-15)26-22(21)29(27-14)24(2,3)4/h9-12,15H,7-8,13H2,1-6H3. The first-order chi connectivity index (χ1) is 14.6. The second-order valence-electron chi connectivity index (χ2n) is 9.35. The molecule has 0 bridgehead atoms. The van der Waals surface area contributed by atoms with E-state index in [1.807, 2.05) is 29.8 Å². The average molecular weight is 441 g/mol.